The summed E-state index contributed by atoms with van der Waals surface area (Å²) in [5.41, 5.74) is 0.901. The van der Waals surface area contributed by atoms with Gasteiger partial charge in [0.15, 0.2) is 0 Å². The molecule has 0 heterocycles. The third kappa shape index (κ3) is 5.36. The first-order valence-electron chi connectivity index (χ1n) is 6.44. The molecule has 0 amide bonds. The Balaban J connectivity index is 2.39. The first kappa shape index (κ1) is 15.4. The molecule has 0 fully saturated rings. The molecular formula is C14H22ClNO2. The Labute approximate surface area is 114 Å². The molecule has 0 saturated carbocycles. The number of hydrogen-bond donors (Lipinski definition) is 2. The molecule has 0 spiro atoms. The van der Waals surface area contributed by atoms with Gasteiger partial charge in [-0.15, -0.1) is 0 Å². The fourth-order valence-electron chi connectivity index (χ4n) is 1.88. The molecule has 102 valence electrons. The quantitative estimate of drug-likeness (QED) is 0.763. The number of aliphatic hydroxyl groups excluding tert-OH is 2. The lowest BCUT2D eigenvalue weighted by molar-refractivity contribution is 0.140. The summed E-state index contributed by atoms with van der Waals surface area (Å²) in [5.74, 6) is 0. The van der Waals surface area contributed by atoms with E-state index < -0.39 is 6.10 Å². The Morgan fingerprint density at radius 2 is 1.89 bits per heavy atom. The van der Waals surface area contributed by atoms with Crippen LogP contribution in [0, 0.1) is 0 Å². The van der Waals surface area contributed by atoms with Gasteiger partial charge in [-0.25, -0.2) is 0 Å². The molecule has 0 bridgehead atoms. The van der Waals surface area contributed by atoms with Gasteiger partial charge >= 0.3 is 0 Å². The Morgan fingerprint density at radius 1 is 1.22 bits per heavy atom. The van der Waals surface area contributed by atoms with Crippen LogP contribution in [-0.2, 0) is 0 Å². The first-order valence-corrected chi connectivity index (χ1v) is 6.82. The third-order valence-electron chi connectivity index (χ3n) is 3.05. The predicted octanol–water partition coefficient (Wildman–Crippen LogP) is 2.47. The molecule has 1 rings (SSSR count). The van der Waals surface area contributed by atoms with E-state index in [0.29, 0.717) is 11.4 Å². The second-order valence-corrected chi connectivity index (χ2v) is 4.80. The molecular weight excluding hydrogens is 250 g/mol. The molecule has 1 aromatic rings. The van der Waals surface area contributed by atoms with Crippen molar-refractivity contribution in [1.82, 2.24) is 4.90 Å². The molecule has 0 aliphatic rings. The summed E-state index contributed by atoms with van der Waals surface area (Å²) in [7, 11) is 0. The molecule has 2 N–H and O–H groups in total. The molecule has 3 nitrogen and oxygen atoms in total. The molecule has 0 radical (unpaired) electrons. The Bertz CT molecular complexity index is 329. The standard InChI is InChI=1S/C14H22ClNO2/c1-2-16(9-3-11-17)10-8-14(18)12-4-6-13(15)7-5-12/h4-7,14,17-18H,2-3,8-11H2,1H3. The Morgan fingerprint density at radius 3 is 2.44 bits per heavy atom. The van der Waals surface area contributed by atoms with Crippen LogP contribution in [0.5, 0.6) is 0 Å². The number of aliphatic hydroxyl groups is 2. The zero-order valence-electron chi connectivity index (χ0n) is 10.8. The summed E-state index contributed by atoms with van der Waals surface area (Å²) in [6.07, 6.45) is 1.02. The van der Waals surface area contributed by atoms with E-state index in [2.05, 4.69) is 11.8 Å². The fraction of sp³-hybridized carbons (Fsp3) is 0.571. The summed E-state index contributed by atoms with van der Waals surface area (Å²) in [6, 6.07) is 7.31. The van der Waals surface area contributed by atoms with Gasteiger partial charge in [0.2, 0.25) is 0 Å². The fourth-order valence-corrected chi connectivity index (χ4v) is 2.00. The van der Waals surface area contributed by atoms with Crippen molar-refractivity contribution in [2.45, 2.75) is 25.9 Å². The van der Waals surface area contributed by atoms with Gasteiger partial charge in [-0.3, -0.25) is 0 Å². The van der Waals surface area contributed by atoms with E-state index >= 15 is 0 Å². The second kappa shape index (κ2) is 8.48. The highest BCUT2D eigenvalue weighted by Crippen LogP contribution is 2.19. The van der Waals surface area contributed by atoms with Gasteiger partial charge in [-0.05, 0) is 37.1 Å². The molecule has 1 unspecified atom stereocenters. The Hall–Kier alpha value is -0.610. The van der Waals surface area contributed by atoms with Crippen LogP contribution < -0.4 is 0 Å². The number of hydrogen-bond acceptors (Lipinski definition) is 3. The van der Waals surface area contributed by atoms with E-state index in [0.717, 1.165) is 31.6 Å². The van der Waals surface area contributed by atoms with Crippen LogP contribution in [0.2, 0.25) is 5.02 Å². The highest BCUT2D eigenvalue weighted by molar-refractivity contribution is 6.30. The minimum Gasteiger partial charge on any atom is -0.396 e. The first-order chi connectivity index (χ1) is 8.67. The monoisotopic (exact) mass is 271 g/mol. The molecule has 0 aromatic heterocycles. The van der Waals surface area contributed by atoms with E-state index in [9.17, 15) is 5.11 Å². The zero-order chi connectivity index (χ0) is 13.4. The van der Waals surface area contributed by atoms with Gasteiger partial charge < -0.3 is 15.1 Å². The van der Waals surface area contributed by atoms with Gasteiger partial charge in [-0.2, -0.15) is 0 Å². The summed E-state index contributed by atoms with van der Waals surface area (Å²) >= 11 is 5.81. The highest BCUT2D eigenvalue weighted by Gasteiger charge is 2.09. The van der Waals surface area contributed by atoms with Crippen molar-refractivity contribution in [1.29, 1.82) is 0 Å². The maximum atomic E-state index is 10.1. The lowest BCUT2D eigenvalue weighted by Crippen LogP contribution is -2.27. The summed E-state index contributed by atoms with van der Waals surface area (Å²) in [4.78, 5) is 2.23. The van der Waals surface area contributed by atoms with Crippen LogP contribution in [0.15, 0.2) is 24.3 Å². The van der Waals surface area contributed by atoms with E-state index in [4.69, 9.17) is 16.7 Å². The number of rotatable bonds is 8. The smallest absolute Gasteiger partial charge is 0.0802 e. The van der Waals surface area contributed by atoms with Crippen LogP contribution in [0.25, 0.3) is 0 Å². The molecule has 0 aliphatic heterocycles. The van der Waals surface area contributed by atoms with Crippen molar-refractivity contribution >= 4 is 11.6 Å². The number of nitrogens with zero attached hydrogens (tertiary/aromatic N) is 1. The van der Waals surface area contributed by atoms with E-state index in [-0.39, 0.29) is 6.61 Å². The predicted molar refractivity (Wildman–Crippen MR) is 74.8 cm³/mol. The van der Waals surface area contributed by atoms with Crippen molar-refractivity contribution in [2.24, 2.45) is 0 Å². The second-order valence-electron chi connectivity index (χ2n) is 4.37. The van der Waals surface area contributed by atoms with Crippen molar-refractivity contribution < 1.29 is 10.2 Å². The van der Waals surface area contributed by atoms with Gasteiger partial charge in [0.1, 0.15) is 0 Å². The largest absolute Gasteiger partial charge is 0.396 e. The lowest BCUT2D eigenvalue weighted by atomic mass is 10.1. The van der Waals surface area contributed by atoms with Gasteiger partial charge in [-0.1, -0.05) is 30.7 Å². The zero-order valence-corrected chi connectivity index (χ0v) is 11.6. The highest BCUT2D eigenvalue weighted by atomic mass is 35.5. The molecule has 1 aromatic carbocycles. The maximum absolute atomic E-state index is 10.1. The summed E-state index contributed by atoms with van der Waals surface area (Å²) in [6.45, 7) is 4.95. The average molecular weight is 272 g/mol. The van der Waals surface area contributed by atoms with Gasteiger partial charge in [0, 0.05) is 24.7 Å². The van der Waals surface area contributed by atoms with Crippen molar-refractivity contribution in [3.63, 3.8) is 0 Å². The van der Waals surface area contributed by atoms with Crippen LogP contribution in [0.4, 0.5) is 0 Å². The minimum absolute atomic E-state index is 0.218. The van der Waals surface area contributed by atoms with Crippen LogP contribution in [-0.4, -0.2) is 41.4 Å². The van der Waals surface area contributed by atoms with Gasteiger partial charge in [0.25, 0.3) is 0 Å². The van der Waals surface area contributed by atoms with Crippen LogP contribution >= 0.6 is 11.6 Å². The topological polar surface area (TPSA) is 43.7 Å². The SMILES string of the molecule is CCN(CCCO)CCC(O)c1ccc(Cl)cc1. The Kier molecular flexibility index (Phi) is 7.28. The van der Waals surface area contributed by atoms with Crippen LogP contribution in [0.1, 0.15) is 31.4 Å². The maximum Gasteiger partial charge on any atom is 0.0802 e. The third-order valence-corrected chi connectivity index (χ3v) is 3.31. The van der Waals surface area contributed by atoms with Crippen molar-refractivity contribution in [3.8, 4) is 0 Å². The van der Waals surface area contributed by atoms with Crippen molar-refractivity contribution in [3.05, 3.63) is 34.9 Å². The number of benzene rings is 1. The molecule has 0 aliphatic carbocycles. The molecule has 4 heteroatoms. The van der Waals surface area contributed by atoms with E-state index in [1.165, 1.54) is 0 Å². The molecule has 0 saturated heterocycles. The van der Waals surface area contributed by atoms with Crippen molar-refractivity contribution in [2.75, 3.05) is 26.2 Å². The summed E-state index contributed by atoms with van der Waals surface area (Å²) < 4.78 is 0. The van der Waals surface area contributed by atoms with Crippen LogP contribution in [0.3, 0.4) is 0 Å². The van der Waals surface area contributed by atoms with E-state index in [1.807, 2.05) is 12.1 Å². The number of halogens is 1. The molecule has 18 heavy (non-hydrogen) atoms. The summed E-state index contributed by atoms with van der Waals surface area (Å²) in [5, 5.41) is 19.5. The molecule has 1 atom stereocenters. The van der Waals surface area contributed by atoms with E-state index in [1.54, 1.807) is 12.1 Å². The normalized spacial score (nSPS) is 12.9. The van der Waals surface area contributed by atoms with Gasteiger partial charge in [0.05, 0.1) is 6.10 Å². The lowest BCUT2D eigenvalue weighted by Gasteiger charge is -2.21. The minimum atomic E-state index is -0.453. The average Bonchev–Trinajstić information content (AvgIpc) is 2.39.